The van der Waals surface area contributed by atoms with Crippen molar-refractivity contribution in [3.63, 3.8) is 0 Å². The molecule has 1 aliphatic carbocycles. The van der Waals surface area contributed by atoms with E-state index < -0.39 is 12.0 Å². The number of hydrogen-bond acceptors (Lipinski definition) is 2. The molecule has 21 heavy (non-hydrogen) atoms. The highest BCUT2D eigenvalue weighted by atomic mass is 35.5. The maximum Gasteiger partial charge on any atom is 0.253 e. The molecule has 116 valence electrons. The third kappa shape index (κ3) is 4.60. The number of amides is 1. The number of halogens is 2. The van der Waals surface area contributed by atoms with Crippen molar-refractivity contribution in [3.8, 4) is 0 Å². The Morgan fingerprint density at radius 2 is 1.90 bits per heavy atom. The van der Waals surface area contributed by atoms with E-state index in [1.807, 2.05) is 0 Å². The van der Waals surface area contributed by atoms with Gasteiger partial charge in [-0.25, -0.2) is 0 Å². The van der Waals surface area contributed by atoms with E-state index >= 15 is 0 Å². The van der Waals surface area contributed by atoms with E-state index in [4.69, 9.17) is 23.2 Å². The van der Waals surface area contributed by atoms with E-state index in [0.29, 0.717) is 34.0 Å². The van der Waals surface area contributed by atoms with Crippen molar-refractivity contribution < 1.29 is 9.90 Å². The first kappa shape index (κ1) is 16.6. The minimum absolute atomic E-state index is 0.397. The van der Waals surface area contributed by atoms with Gasteiger partial charge in [-0.05, 0) is 42.0 Å². The smallest absolute Gasteiger partial charge is 0.253 e. The van der Waals surface area contributed by atoms with Crippen LogP contribution in [0.4, 0.5) is 0 Å². The monoisotopic (exact) mass is 329 g/mol. The Kier molecular flexibility index (Phi) is 5.91. The highest BCUT2D eigenvalue weighted by molar-refractivity contribution is 6.34. The Morgan fingerprint density at radius 1 is 1.29 bits per heavy atom. The van der Waals surface area contributed by atoms with E-state index in [2.05, 4.69) is 12.2 Å². The van der Waals surface area contributed by atoms with Gasteiger partial charge in [0.15, 0.2) is 6.10 Å². The van der Waals surface area contributed by atoms with Gasteiger partial charge in [-0.2, -0.15) is 0 Å². The number of benzene rings is 1. The standard InChI is InChI=1S/C16H21Cl2NO2/c1-10-4-2-3-5-11(10)9-19-16(21)15(20)12-6-13(17)8-14(18)7-12/h6-8,10-11,15,20H,2-5,9H2,1H3,(H,19,21). The van der Waals surface area contributed by atoms with Crippen LogP contribution < -0.4 is 5.32 Å². The molecule has 0 aliphatic heterocycles. The predicted octanol–water partition coefficient (Wildman–Crippen LogP) is 3.97. The highest BCUT2D eigenvalue weighted by Gasteiger charge is 2.24. The van der Waals surface area contributed by atoms with E-state index in [0.717, 1.165) is 6.42 Å². The Balaban J connectivity index is 1.93. The summed E-state index contributed by atoms with van der Waals surface area (Å²) in [7, 11) is 0. The lowest BCUT2D eigenvalue weighted by Gasteiger charge is -2.29. The third-order valence-corrected chi connectivity index (χ3v) is 4.71. The van der Waals surface area contributed by atoms with Crippen molar-refractivity contribution in [2.45, 2.75) is 38.7 Å². The summed E-state index contributed by atoms with van der Waals surface area (Å²) in [5, 5.41) is 13.8. The van der Waals surface area contributed by atoms with Crippen molar-refractivity contribution >= 4 is 29.1 Å². The van der Waals surface area contributed by atoms with Crippen LogP contribution in [0.1, 0.15) is 44.3 Å². The number of hydrogen-bond donors (Lipinski definition) is 2. The molecule has 0 saturated heterocycles. The Labute approximate surface area is 135 Å². The van der Waals surface area contributed by atoms with Gasteiger partial charge in [0, 0.05) is 16.6 Å². The van der Waals surface area contributed by atoms with Crippen LogP contribution >= 0.6 is 23.2 Å². The van der Waals surface area contributed by atoms with Crippen LogP contribution in [-0.4, -0.2) is 17.6 Å². The lowest BCUT2D eigenvalue weighted by Crippen LogP contribution is -2.36. The number of rotatable bonds is 4. The molecule has 5 heteroatoms. The summed E-state index contributed by atoms with van der Waals surface area (Å²) in [4.78, 5) is 12.1. The minimum Gasteiger partial charge on any atom is -0.378 e. The maximum atomic E-state index is 12.1. The first-order valence-corrected chi connectivity index (χ1v) is 8.14. The minimum atomic E-state index is -1.24. The van der Waals surface area contributed by atoms with E-state index in [-0.39, 0.29) is 0 Å². The fraction of sp³-hybridized carbons (Fsp3) is 0.562. The molecule has 1 saturated carbocycles. The van der Waals surface area contributed by atoms with Crippen LogP contribution in [0.5, 0.6) is 0 Å². The number of nitrogens with one attached hydrogen (secondary N) is 1. The summed E-state index contributed by atoms with van der Waals surface area (Å²) in [6.07, 6.45) is 3.61. The SMILES string of the molecule is CC1CCCCC1CNC(=O)C(O)c1cc(Cl)cc(Cl)c1. The number of aliphatic hydroxyl groups is 1. The summed E-state index contributed by atoms with van der Waals surface area (Å²) in [5.41, 5.74) is 0.418. The van der Waals surface area contributed by atoms with E-state index in [9.17, 15) is 9.90 Å². The number of carbonyl (C=O) groups excluding carboxylic acids is 1. The summed E-state index contributed by atoms with van der Waals surface area (Å²) in [5.74, 6) is 0.723. The molecule has 1 fully saturated rings. The second kappa shape index (κ2) is 7.48. The molecule has 0 bridgehead atoms. The summed E-state index contributed by atoms with van der Waals surface area (Å²) in [6, 6.07) is 4.68. The highest BCUT2D eigenvalue weighted by Crippen LogP contribution is 2.29. The molecular weight excluding hydrogens is 309 g/mol. The van der Waals surface area contributed by atoms with Gasteiger partial charge in [-0.3, -0.25) is 4.79 Å². The van der Waals surface area contributed by atoms with Gasteiger partial charge in [0.25, 0.3) is 5.91 Å². The second-order valence-corrected chi connectivity index (χ2v) is 6.75. The average molecular weight is 330 g/mol. The third-order valence-electron chi connectivity index (χ3n) is 4.28. The van der Waals surface area contributed by atoms with Crippen LogP contribution in [0.15, 0.2) is 18.2 Å². The van der Waals surface area contributed by atoms with Gasteiger partial charge in [-0.15, -0.1) is 0 Å². The molecule has 0 heterocycles. The molecule has 0 aromatic heterocycles. The molecule has 3 atom stereocenters. The van der Waals surface area contributed by atoms with Crippen LogP contribution in [0, 0.1) is 11.8 Å². The molecule has 3 nitrogen and oxygen atoms in total. The van der Waals surface area contributed by atoms with Crippen LogP contribution in [0.2, 0.25) is 10.0 Å². The molecule has 0 spiro atoms. The quantitative estimate of drug-likeness (QED) is 0.878. The van der Waals surface area contributed by atoms with Crippen LogP contribution in [0.25, 0.3) is 0 Å². The van der Waals surface area contributed by atoms with Gasteiger partial charge in [-0.1, -0.05) is 49.4 Å². The van der Waals surface area contributed by atoms with Crippen molar-refractivity contribution in [1.29, 1.82) is 0 Å². The molecule has 3 unspecified atom stereocenters. The Hall–Kier alpha value is -0.770. The lowest BCUT2D eigenvalue weighted by atomic mass is 9.80. The normalized spacial score (nSPS) is 23.6. The molecule has 1 aromatic rings. The lowest BCUT2D eigenvalue weighted by molar-refractivity contribution is -0.129. The first-order chi connectivity index (χ1) is 9.97. The average Bonchev–Trinajstić information content (AvgIpc) is 2.44. The fourth-order valence-corrected chi connectivity index (χ4v) is 3.45. The summed E-state index contributed by atoms with van der Waals surface area (Å²) >= 11 is 11.8. The molecule has 1 aliphatic rings. The van der Waals surface area contributed by atoms with Gasteiger partial charge in [0.2, 0.25) is 0 Å². The molecule has 1 aromatic carbocycles. The maximum absolute atomic E-state index is 12.1. The van der Waals surface area contributed by atoms with Gasteiger partial charge < -0.3 is 10.4 Å². The molecular formula is C16H21Cl2NO2. The molecule has 2 N–H and O–H groups in total. The second-order valence-electron chi connectivity index (χ2n) is 5.87. The van der Waals surface area contributed by atoms with E-state index in [1.54, 1.807) is 18.2 Å². The van der Waals surface area contributed by atoms with Crippen LogP contribution in [0.3, 0.4) is 0 Å². The topological polar surface area (TPSA) is 49.3 Å². The Bertz CT molecular complexity index is 487. The van der Waals surface area contributed by atoms with Crippen molar-refractivity contribution in [3.05, 3.63) is 33.8 Å². The van der Waals surface area contributed by atoms with Crippen molar-refractivity contribution in [2.75, 3.05) is 6.54 Å². The van der Waals surface area contributed by atoms with Crippen LogP contribution in [-0.2, 0) is 4.79 Å². The number of aliphatic hydroxyl groups excluding tert-OH is 1. The molecule has 2 rings (SSSR count). The summed E-state index contributed by atoms with van der Waals surface area (Å²) < 4.78 is 0. The zero-order valence-corrected chi connectivity index (χ0v) is 13.6. The zero-order chi connectivity index (χ0) is 15.4. The van der Waals surface area contributed by atoms with Gasteiger partial charge >= 0.3 is 0 Å². The number of carbonyl (C=O) groups is 1. The van der Waals surface area contributed by atoms with Gasteiger partial charge in [0.1, 0.15) is 0 Å². The fourth-order valence-electron chi connectivity index (χ4n) is 2.91. The largest absolute Gasteiger partial charge is 0.378 e. The Morgan fingerprint density at radius 3 is 2.52 bits per heavy atom. The van der Waals surface area contributed by atoms with Crippen molar-refractivity contribution in [2.24, 2.45) is 11.8 Å². The first-order valence-electron chi connectivity index (χ1n) is 7.39. The van der Waals surface area contributed by atoms with Crippen molar-refractivity contribution in [1.82, 2.24) is 5.32 Å². The summed E-state index contributed by atoms with van der Waals surface area (Å²) in [6.45, 7) is 2.84. The molecule has 0 radical (unpaired) electrons. The molecule has 1 amide bonds. The van der Waals surface area contributed by atoms with Gasteiger partial charge in [0.05, 0.1) is 0 Å². The zero-order valence-electron chi connectivity index (χ0n) is 12.1. The predicted molar refractivity (Wildman–Crippen MR) is 85.6 cm³/mol. The van der Waals surface area contributed by atoms with E-state index in [1.165, 1.54) is 19.3 Å².